The van der Waals surface area contributed by atoms with Crippen molar-refractivity contribution in [3.05, 3.63) is 0 Å². The zero-order chi connectivity index (χ0) is 17.9. The molecule has 140 valence electrons. The monoisotopic (exact) mass is 351 g/mol. The Morgan fingerprint density at radius 1 is 1.36 bits per heavy atom. The van der Waals surface area contributed by atoms with E-state index >= 15 is 0 Å². The summed E-state index contributed by atoms with van der Waals surface area (Å²) in [4.78, 5) is 40.3. The fourth-order valence-electron chi connectivity index (χ4n) is 4.19. The Labute approximate surface area is 149 Å². The zero-order valence-corrected chi connectivity index (χ0v) is 15.1. The highest BCUT2D eigenvalue weighted by molar-refractivity contribution is 6.07. The van der Waals surface area contributed by atoms with Crippen molar-refractivity contribution in [1.29, 1.82) is 0 Å². The summed E-state index contributed by atoms with van der Waals surface area (Å²) in [5.41, 5.74) is -0.654. The maximum absolute atomic E-state index is 12.6. The molecule has 2 saturated heterocycles. The molecule has 2 aliphatic heterocycles. The number of hydrogen-bond donors (Lipinski definition) is 1. The van der Waals surface area contributed by atoms with Gasteiger partial charge in [-0.3, -0.25) is 14.5 Å². The van der Waals surface area contributed by atoms with Gasteiger partial charge in [0, 0.05) is 38.6 Å². The summed E-state index contributed by atoms with van der Waals surface area (Å²) < 4.78 is 5.37. The lowest BCUT2D eigenvalue weighted by Gasteiger charge is -2.24. The third-order valence-electron chi connectivity index (χ3n) is 5.71. The Hall–Kier alpha value is -1.63. The molecule has 1 saturated carbocycles. The lowest BCUT2D eigenvalue weighted by Crippen LogP contribution is -2.44. The summed E-state index contributed by atoms with van der Waals surface area (Å²) in [7, 11) is 0. The van der Waals surface area contributed by atoms with Crippen LogP contribution in [-0.4, -0.2) is 66.0 Å². The molecule has 1 N–H and O–H groups in total. The van der Waals surface area contributed by atoms with E-state index in [2.05, 4.69) is 5.32 Å². The third kappa shape index (κ3) is 3.81. The molecule has 3 rings (SSSR count). The van der Waals surface area contributed by atoms with Crippen molar-refractivity contribution in [2.45, 2.75) is 57.4 Å². The second kappa shape index (κ2) is 7.72. The van der Waals surface area contributed by atoms with Gasteiger partial charge in [-0.1, -0.05) is 12.8 Å². The van der Waals surface area contributed by atoms with Crippen LogP contribution in [0, 0.1) is 5.92 Å². The highest BCUT2D eigenvalue weighted by Crippen LogP contribution is 2.35. The van der Waals surface area contributed by atoms with Crippen molar-refractivity contribution < 1.29 is 19.1 Å². The van der Waals surface area contributed by atoms with Gasteiger partial charge in [0.2, 0.25) is 5.91 Å². The fourth-order valence-corrected chi connectivity index (χ4v) is 4.19. The minimum absolute atomic E-state index is 0.0945. The first kappa shape index (κ1) is 18.2. The minimum Gasteiger partial charge on any atom is -0.381 e. The van der Waals surface area contributed by atoms with Crippen molar-refractivity contribution in [2.75, 3.05) is 32.8 Å². The molecule has 25 heavy (non-hydrogen) atoms. The number of imide groups is 1. The van der Waals surface area contributed by atoms with Crippen LogP contribution in [0.3, 0.4) is 0 Å². The number of ether oxygens (including phenoxy) is 1. The zero-order valence-electron chi connectivity index (χ0n) is 15.1. The van der Waals surface area contributed by atoms with E-state index in [1.54, 1.807) is 0 Å². The number of rotatable bonds is 7. The Kier molecular flexibility index (Phi) is 5.61. The molecule has 0 aromatic rings. The van der Waals surface area contributed by atoms with Crippen LogP contribution in [-0.2, 0) is 14.3 Å². The Balaban J connectivity index is 1.46. The largest absolute Gasteiger partial charge is 0.381 e. The van der Waals surface area contributed by atoms with Crippen LogP contribution < -0.4 is 5.32 Å². The van der Waals surface area contributed by atoms with Gasteiger partial charge in [-0.2, -0.15) is 0 Å². The number of carbonyl (C=O) groups excluding carboxylic acids is 3. The van der Waals surface area contributed by atoms with Gasteiger partial charge in [0.15, 0.2) is 0 Å². The lowest BCUT2D eigenvalue weighted by molar-refractivity contribution is -0.133. The minimum atomic E-state index is -0.654. The Morgan fingerprint density at radius 3 is 2.76 bits per heavy atom. The summed E-state index contributed by atoms with van der Waals surface area (Å²) in [5, 5.41) is 2.88. The van der Waals surface area contributed by atoms with Crippen LogP contribution in [0.15, 0.2) is 0 Å². The second-order valence-electron chi connectivity index (χ2n) is 7.44. The lowest BCUT2D eigenvalue weighted by atomic mass is 9.98. The second-order valence-corrected chi connectivity index (χ2v) is 7.44. The smallest absolute Gasteiger partial charge is 0.325 e. The number of carbonyl (C=O) groups is 3. The van der Waals surface area contributed by atoms with Crippen LogP contribution in [0.5, 0.6) is 0 Å². The van der Waals surface area contributed by atoms with E-state index in [0.29, 0.717) is 31.8 Å². The average Bonchev–Trinajstić information content (AvgIpc) is 3.31. The molecule has 0 aromatic heterocycles. The van der Waals surface area contributed by atoms with Gasteiger partial charge in [0.1, 0.15) is 5.54 Å². The molecular weight excluding hydrogens is 322 g/mol. The fraction of sp³-hybridized carbons (Fsp3) is 0.833. The summed E-state index contributed by atoms with van der Waals surface area (Å²) >= 11 is 0. The van der Waals surface area contributed by atoms with Crippen LogP contribution in [0.1, 0.15) is 51.9 Å². The molecule has 1 unspecified atom stereocenters. The molecule has 3 fully saturated rings. The molecule has 1 spiro atoms. The molecule has 1 atom stereocenters. The van der Waals surface area contributed by atoms with Crippen molar-refractivity contribution in [1.82, 2.24) is 15.1 Å². The first-order valence-electron chi connectivity index (χ1n) is 9.55. The first-order chi connectivity index (χ1) is 12.1. The number of amides is 4. The normalized spacial score (nSPS) is 25.0. The van der Waals surface area contributed by atoms with Crippen LogP contribution in [0.25, 0.3) is 0 Å². The molecule has 4 amide bonds. The van der Waals surface area contributed by atoms with E-state index in [1.807, 2.05) is 11.8 Å². The van der Waals surface area contributed by atoms with Gasteiger partial charge in [-0.25, -0.2) is 4.79 Å². The highest BCUT2D eigenvalue weighted by Gasteiger charge is 2.52. The van der Waals surface area contributed by atoms with Crippen molar-refractivity contribution >= 4 is 17.8 Å². The molecular formula is C18H29N3O4. The Bertz CT molecular complexity index is 524. The predicted octanol–water partition coefficient (Wildman–Crippen LogP) is 1.52. The molecule has 7 nitrogen and oxygen atoms in total. The van der Waals surface area contributed by atoms with Gasteiger partial charge in [-0.05, 0) is 32.6 Å². The molecule has 1 aliphatic carbocycles. The number of hydrogen-bond acceptors (Lipinski definition) is 4. The molecule has 0 bridgehead atoms. The molecule has 2 heterocycles. The Morgan fingerprint density at radius 2 is 2.12 bits per heavy atom. The number of urea groups is 1. The standard InChI is InChI=1S/C18H29N3O4/c1-2-20(12-14-7-11-25-13-14)15(22)6-5-10-21-16(23)18(19-17(21)24)8-3-4-9-18/h14H,2-13H2,1H3,(H,19,24). The summed E-state index contributed by atoms with van der Waals surface area (Å²) in [6, 6.07) is -0.296. The molecule has 3 aliphatic rings. The van der Waals surface area contributed by atoms with E-state index < -0.39 is 5.54 Å². The quantitative estimate of drug-likeness (QED) is 0.705. The third-order valence-corrected chi connectivity index (χ3v) is 5.71. The maximum Gasteiger partial charge on any atom is 0.325 e. The van der Waals surface area contributed by atoms with Crippen molar-refractivity contribution in [2.24, 2.45) is 5.92 Å². The number of nitrogens with zero attached hydrogens (tertiary/aromatic N) is 2. The summed E-state index contributed by atoms with van der Waals surface area (Å²) in [6.07, 6.45) is 5.33. The molecule has 0 radical (unpaired) electrons. The van der Waals surface area contributed by atoms with Crippen molar-refractivity contribution in [3.63, 3.8) is 0 Å². The summed E-state index contributed by atoms with van der Waals surface area (Å²) in [6.45, 7) is 5.24. The predicted molar refractivity (Wildman–Crippen MR) is 91.9 cm³/mol. The molecule has 7 heteroatoms. The average molecular weight is 351 g/mol. The topological polar surface area (TPSA) is 79.0 Å². The van der Waals surface area contributed by atoms with E-state index in [0.717, 1.165) is 51.9 Å². The van der Waals surface area contributed by atoms with Gasteiger partial charge >= 0.3 is 6.03 Å². The SMILES string of the molecule is CCN(CC1CCOC1)C(=O)CCCN1C(=O)NC2(CCCC2)C1=O. The van der Waals surface area contributed by atoms with Crippen LogP contribution in [0.4, 0.5) is 4.79 Å². The van der Waals surface area contributed by atoms with Crippen LogP contribution in [0.2, 0.25) is 0 Å². The first-order valence-corrected chi connectivity index (χ1v) is 9.55. The van der Waals surface area contributed by atoms with E-state index in [9.17, 15) is 14.4 Å². The maximum atomic E-state index is 12.6. The van der Waals surface area contributed by atoms with Gasteiger partial charge < -0.3 is 15.0 Å². The van der Waals surface area contributed by atoms with Gasteiger partial charge in [-0.15, -0.1) is 0 Å². The molecule has 0 aromatic carbocycles. The number of nitrogens with one attached hydrogen (secondary N) is 1. The highest BCUT2D eigenvalue weighted by atomic mass is 16.5. The van der Waals surface area contributed by atoms with E-state index in [-0.39, 0.29) is 17.8 Å². The van der Waals surface area contributed by atoms with E-state index in [4.69, 9.17) is 4.74 Å². The van der Waals surface area contributed by atoms with Gasteiger partial charge in [0.05, 0.1) is 6.61 Å². The van der Waals surface area contributed by atoms with Crippen molar-refractivity contribution in [3.8, 4) is 0 Å². The van der Waals surface area contributed by atoms with Gasteiger partial charge in [0.25, 0.3) is 5.91 Å². The van der Waals surface area contributed by atoms with Crippen LogP contribution >= 0.6 is 0 Å². The van der Waals surface area contributed by atoms with E-state index in [1.165, 1.54) is 4.90 Å². The summed E-state index contributed by atoms with van der Waals surface area (Å²) in [5.74, 6) is 0.423.